The average molecular weight is 850 g/mol. The molecule has 0 aromatic carbocycles. The highest BCUT2D eigenvalue weighted by atomic mass is 16.5. The average Bonchev–Trinajstić information content (AvgIpc) is 3.25. The van der Waals surface area contributed by atoms with E-state index in [1.807, 2.05) is 36.5 Å². The molecule has 0 saturated heterocycles. The van der Waals surface area contributed by atoms with Gasteiger partial charge in [0.05, 0.1) is 25.2 Å². The van der Waals surface area contributed by atoms with Gasteiger partial charge >= 0.3 is 5.97 Å². The van der Waals surface area contributed by atoms with Crippen molar-refractivity contribution in [3.63, 3.8) is 0 Å². The first-order valence-corrected chi connectivity index (χ1v) is 25.4. The molecule has 0 fully saturated rings. The van der Waals surface area contributed by atoms with E-state index in [1.165, 1.54) is 96.3 Å². The molecule has 6 heteroatoms. The maximum atomic E-state index is 13.2. The molecule has 0 aromatic heterocycles. The first-order valence-electron chi connectivity index (χ1n) is 25.4. The number of allylic oxidation sites excluding steroid dienone is 14. The van der Waals surface area contributed by atoms with E-state index in [1.54, 1.807) is 0 Å². The molecular formula is C55H95NO5. The Hall–Kier alpha value is -2.96. The normalized spacial score (nSPS) is 14.0. The molecule has 1 amide bonds. The van der Waals surface area contributed by atoms with Crippen LogP contribution in [0.15, 0.2) is 85.1 Å². The topological polar surface area (TPSA) is 95.9 Å². The molecule has 6 nitrogen and oxygen atoms in total. The van der Waals surface area contributed by atoms with Crippen molar-refractivity contribution in [3.05, 3.63) is 85.1 Å². The molecule has 3 atom stereocenters. The summed E-state index contributed by atoms with van der Waals surface area (Å²) >= 11 is 0. The maximum Gasteiger partial charge on any atom is 0.306 e. The van der Waals surface area contributed by atoms with Crippen LogP contribution in [0, 0.1) is 0 Å². The number of aliphatic hydroxyl groups is 2. The Kier molecular flexibility index (Phi) is 45.7. The Balaban J connectivity index is 4.64. The highest BCUT2D eigenvalue weighted by molar-refractivity contribution is 5.77. The van der Waals surface area contributed by atoms with Crippen LogP contribution < -0.4 is 5.32 Å². The quantitative estimate of drug-likeness (QED) is 0.0322. The summed E-state index contributed by atoms with van der Waals surface area (Å²) in [4.78, 5) is 26.1. The van der Waals surface area contributed by atoms with E-state index < -0.39 is 18.2 Å². The number of rotatable bonds is 44. The number of ether oxygens (including phenoxy) is 1. The molecule has 350 valence electrons. The largest absolute Gasteiger partial charge is 0.462 e. The standard InChI is InChI=1S/C55H95NO5/c1-4-7-10-13-16-19-22-24-25-26-27-28-30-33-36-39-42-45-48-55(60)61-51(46-43-40-37-34-31-21-18-15-12-9-6-3)49-54(59)56-52(50-57)53(58)47-44-41-38-35-32-29-23-20-17-14-11-8-5-2/h9,12,15,18,21-22,24-28,31,34,37,51-53,57-58H,4-8,10-11,13-14,16-17,19-20,23,29-30,32-33,35-36,38-50H2,1-3H3,(H,56,59)/b12-9+,18-15+,24-22+,26-25+,28-27+,31-21-,37-34-. The molecule has 3 unspecified atom stereocenters. The summed E-state index contributed by atoms with van der Waals surface area (Å²) in [7, 11) is 0. The van der Waals surface area contributed by atoms with Gasteiger partial charge in [-0.25, -0.2) is 0 Å². The minimum Gasteiger partial charge on any atom is -0.462 e. The second kappa shape index (κ2) is 48.1. The highest BCUT2D eigenvalue weighted by Gasteiger charge is 2.24. The number of esters is 1. The van der Waals surface area contributed by atoms with Crippen LogP contribution in [0.3, 0.4) is 0 Å². The van der Waals surface area contributed by atoms with E-state index in [0.717, 1.165) is 83.5 Å². The third kappa shape index (κ3) is 43.5. The molecule has 0 heterocycles. The SMILES string of the molecule is CC/C=C/C=C/C=C\C=C/CCCC(CC(=O)NC(CO)C(O)CCCCCCCCCCCCCCC)OC(=O)CCCCCCC/C=C/C=C/C=C/CCCCCCC. The number of carbonyl (C=O) groups excluding carboxylic acids is 2. The zero-order valence-electron chi connectivity index (χ0n) is 39.8. The van der Waals surface area contributed by atoms with E-state index in [-0.39, 0.29) is 24.9 Å². The van der Waals surface area contributed by atoms with Gasteiger partial charge in [-0.1, -0.05) is 234 Å². The molecule has 0 aliphatic rings. The fraction of sp³-hybridized carbons (Fsp3) is 0.709. The van der Waals surface area contributed by atoms with E-state index in [4.69, 9.17) is 4.74 Å². The number of aliphatic hydroxyl groups excluding tert-OH is 2. The van der Waals surface area contributed by atoms with E-state index in [0.29, 0.717) is 19.3 Å². The van der Waals surface area contributed by atoms with Gasteiger partial charge in [-0.15, -0.1) is 0 Å². The van der Waals surface area contributed by atoms with Crippen LogP contribution in [0.4, 0.5) is 0 Å². The summed E-state index contributed by atoms with van der Waals surface area (Å²) in [5, 5.41) is 23.7. The van der Waals surface area contributed by atoms with Crippen molar-refractivity contribution in [3.8, 4) is 0 Å². The van der Waals surface area contributed by atoms with E-state index >= 15 is 0 Å². The third-order valence-corrected chi connectivity index (χ3v) is 11.1. The zero-order chi connectivity index (χ0) is 44.5. The van der Waals surface area contributed by atoms with Gasteiger partial charge in [0.1, 0.15) is 6.10 Å². The Labute approximate surface area is 376 Å². The van der Waals surface area contributed by atoms with Crippen molar-refractivity contribution < 1.29 is 24.5 Å². The summed E-state index contributed by atoms with van der Waals surface area (Å²) in [6, 6.07) is -0.730. The number of nitrogens with one attached hydrogen (secondary N) is 1. The summed E-state index contributed by atoms with van der Waals surface area (Å²) in [6.07, 6.45) is 62.2. The second-order valence-corrected chi connectivity index (χ2v) is 17.0. The molecule has 61 heavy (non-hydrogen) atoms. The summed E-state index contributed by atoms with van der Waals surface area (Å²) in [5.74, 6) is -0.570. The molecule has 0 rings (SSSR count). The molecule has 0 aliphatic carbocycles. The Morgan fingerprint density at radius 2 is 0.902 bits per heavy atom. The number of hydrogen-bond acceptors (Lipinski definition) is 5. The summed E-state index contributed by atoms with van der Waals surface area (Å²) < 4.78 is 5.88. The molecule has 0 spiro atoms. The molecule has 0 radical (unpaired) electrons. The molecule has 0 bridgehead atoms. The van der Waals surface area contributed by atoms with Crippen molar-refractivity contribution in [2.45, 2.75) is 244 Å². The van der Waals surface area contributed by atoms with E-state index in [9.17, 15) is 19.8 Å². The van der Waals surface area contributed by atoms with Gasteiger partial charge in [0.25, 0.3) is 0 Å². The number of carbonyl (C=O) groups is 2. The lowest BCUT2D eigenvalue weighted by atomic mass is 10.0. The van der Waals surface area contributed by atoms with Crippen LogP contribution in [0.2, 0.25) is 0 Å². The fourth-order valence-electron chi connectivity index (χ4n) is 7.27. The van der Waals surface area contributed by atoms with Crippen LogP contribution in [0.25, 0.3) is 0 Å². The van der Waals surface area contributed by atoms with Gasteiger partial charge in [-0.2, -0.15) is 0 Å². The maximum absolute atomic E-state index is 13.2. The second-order valence-electron chi connectivity index (χ2n) is 17.0. The van der Waals surface area contributed by atoms with Crippen LogP contribution in [-0.2, 0) is 14.3 Å². The first kappa shape index (κ1) is 58.0. The zero-order valence-corrected chi connectivity index (χ0v) is 39.8. The van der Waals surface area contributed by atoms with Gasteiger partial charge in [0.2, 0.25) is 5.91 Å². The van der Waals surface area contributed by atoms with Crippen LogP contribution in [0.5, 0.6) is 0 Å². The molecule has 0 saturated carbocycles. The van der Waals surface area contributed by atoms with Crippen molar-refractivity contribution in [2.24, 2.45) is 0 Å². The van der Waals surface area contributed by atoms with Gasteiger partial charge in [-0.3, -0.25) is 9.59 Å². The Morgan fingerprint density at radius 3 is 1.38 bits per heavy atom. The number of unbranched alkanes of at least 4 members (excludes halogenated alkanes) is 23. The van der Waals surface area contributed by atoms with E-state index in [2.05, 4.69) is 74.7 Å². The highest BCUT2D eigenvalue weighted by Crippen LogP contribution is 2.17. The fourth-order valence-corrected chi connectivity index (χ4v) is 7.27. The Bertz CT molecular complexity index is 1180. The van der Waals surface area contributed by atoms with Gasteiger partial charge < -0.3 is 20.3 Å². The van der Waals surface area contributed by atoms with Crippen molar-refractivity contribution in [1.82, 2.24) is 5.32 Å². The minimum atomic E-state index is -0.812. The number of hydrogen-bond donors (Lipinski definition) is 3. The Morgan fingerprint density at radius 1 is 0.492 bits per heavy atom. The monoisotopic (exact) mass is 850 g/mol. The molecular weight excluding hydrogens is 755 g/mol. The van der Waals surface area contributed by atoms with Crippen molar-refractivity contribution in [1.29, 1.82) is 0 Å². The smallest absolute Gasteiger partial charge is 0.306 e. The molecule has 0 aromatic rings. The van der Waals surface area contributed by atoms with Gasteiger partial charge in [0.15, 0.2) is 0 Å². The third-order valence-electron chi connectivity index (χ3n) is 11.1. The summed E-state index contributed by atoms with van der Waals surface area (Å²) in [5.41, 5.74) is 0. The number of amides is 1. The van der Waals surface area contributed by atoms with Crippen molar-refractivity contribution in [2.75, 3.05) is 6.61 Å². The predicted molar refractivity (Wildman–Crippen MR) is 264 cm³/mol. The first-order chi connectivity index (χ1) is 30.0. The van der Waals surface area contributed by atoms with Gasteiger partial charge in [0, 0.05) is 6.42 Å². The molecule has 3 N–H and O–H groups in total. The predicted octanol–water partition coefficient (Wildman–Crippen LogP) is 15.2. The van der Waals surface area contributed by atoms with Crippen LogP contribution in [0.1, 0.15) is 226 Å². The lowest BCUT2D eigenvalue weighted by Crippen LogP contribution is -2.46. The lowest BCUT2D eigenvalue weighted by molar-refractivity contribution is -0.151. The van der Waals surface area contributed by atoms with Crippen LogP contribution >= 0.6 is 0 Å². The molecule has 0 aliphatic heterocycles. The lowest BCUT2D eigenvalue weighted by Gasteiger charge is -2.24. The van der Waals surface area contributed by atoms with Crippen molar-refractivity contribution >= 4 is 11.9 Å². The van der Waals surface area contributed by atoms with Gasteiger partial charge in [-0.05, 0) is 64.2 Å². The minimum absolute atomic E-state index is 0.0194. The van der Waals surface area contributed by atoms with Crippen LogP contribution in [-0.4, -0.2) is 46.9 Å². The summed E-state index contributed by atoms with van der Waals surface area (Å²) in [6.45, 7) is 6.29.